The molecule has 84 valence electrons. The minimum Gasteiger partial charge on any atom is -0.380 e. The van der Waals surface area contributed by atoms with Crippen molar-refractivity contribution in [3.63, 3.8) is 0 Å². The average Bonchev–Trinajstić information content (AvgIpc) is 1.99. The molecule has 7 nitrogen and oxygen atoms in total. The van der Waals surface area contributed by atoms with Crippen LogP contribution in [0.1, 0.15) is 0 Å². The molecule has 0 radical (unpaired) electrons. The Morgan fingerprint density at radius 2 is 1.87 bits per heavy atom. The van der Waals surface area contributed by atoms with Crippen molar-refractivity contribution in [2.45, 2.75) is 0 Å². The van der Waals surface area contributed by atoms with Gasteiger partial charge in [-0.1, -0.05) is 6.07 Å². The van der Waals surface area contributed by atoms with Crippen LogP contribution in [0.4, 0.5) is 0 Å². The highest BCUT2D eigenvalue weighted by atomic mass is 32.3. The molecule has 1 aromatic rings. The number of hydrogen-bond acceptors (Lipinski definition) is 5. The fourth-order valence-electron chi connectivity index (χ4n) is 0.782. The molecule has 1 unspecified atom stereocenters. The molecule has 0 fully saturated rings. The van der Waals surface area contributed by atoms with E-state index in [-0.39, 0.29) is 11.5 Å². The topological polar surface area (TPSA) is 110 Å². The Hall–Kier alpha value is -1.16. The van der Waals surface area contributed by atoms with Crippen LogP contribution in [-0.2, 0) is 21.8 Å². The fourth-order valence-corrected chi connectivity index (χ4v) is 1.40. The summed E-state index contributed by atoms with van der Waals surface area (Å²) in [5.41, 5.74) is 0. The van der Waals surface area contributed by atoms with Crippen molar-refractivity contribution in [2.24, 2.45) is 0 Å². The van der Waals surface area contributed by atoms with Gasteiger partial charge in [0.2, 0.25) is 0 Å². The molecule has 0 amide bonds. The van der Waals surface area contributed by atoms with Gasteiger partial charge in [0.25, 0.3) is 0 Å². The van der Waals surface area contributed by atoms with E-state index in [1.807, 2.05) is 0 Å². The van der Waals surface area contributed by atoms with Crippen molar-refractivity contribution in [3.05, 3.63) is 24.3 Å². The van der Waals surface area contributed by atoms with Gasteiger partial charge in [-0.25, -0.2) is 0 Å². The highest BCUT2D eigenvalue weighted by Crippen LogP contribution is 2.20. The largest absolute Gasteiger partial charge is 0.446 e. The Kier molecular flexibility index (Phi) is 3.63. The minimum atomic E-state index is -4.62. The normalized spacial score (nSPS) is 13.2. The van der Waals surface area contributed by atoms with E-state index in [0.29, 0.717) is 0 Å². The Morgan fingerprint density at radius 3 is 2.40 bits per heavy atom. The third-order valence-electron chi connectivity index (χ3n) is 1.17. The molecule has 1 atom stereocenters. The third-order valence-corrected chi connectivity index (χ3v) is 1.91. The zero-order valence-corrected chi connectivity index (χ0v) is 8.69. The average molecular weight is 254 g/mol. The lowest BCUT2D eigenvalue weighted by molar-refractivity contribution is 0.386. The monoisotopic (exact) mass is 254 g/mol. The predicted molar refractivity (Wildman–Crippen MR) is 50.0 cm³/mol. The maximum atomic E-state index is 10.3. The lowest BCUT2D eigenvalue weighted by Gasteiger charge is -2.03. The van der Waals surface area contributed by atoms with Crippen LogP contribution in [0.2, 0.25) is 0 Å². The van der Waals surface area contributed by atoms with E-state index < -0.39 is 21.8 Å². The summed E-state index contributed by atoms with van der Waals surface area (Å²) in [5, 5.41) is 0. The minimum absolute atomic E-state index is 0.0722. The maximum absolute atomic E-state index is 10.3. The van der Waals surface area contributed by atoms with Crippen LogP contribution in [0.25, 0.3) is 0 Å². The molecular weight excluding hydrogens is 248 g/mol. The molecule has 0 aliphatic carbocycles. The van der Waals surface area contributed by atoms with Crippen molar-refractivity contribution in [1.82, 2.24) is 0 Å². The Balaban J connectivity index is 2.88. The van der Waals surface area contributed by atoms with Crippen molar-refractivity contribution in [2.75, 3.05) is 0 Å². The molecule has 0 saturated carbocycles. The summed E-state index contributed by atoms with van der Waals surface area (Å²) in [6.07, 6.45) is 0. The van der Waals surface area contributed by atoms with E-state index in [9.17, 15) is 12.6 Å². The fraction of sp³-hybridized carbons (Fsp3) is 0. The van der Waals surface area contributed by atoms with E-state index in [1.54, 1.807) is 0 Å². The Bertz CT molecular complexity index is 466. The first-order valence-corrected chi connectivity index (χ1v) is 5.83. The van der Waals surface area contributed by atoms with Gasteiger partial charge in [-0.15, -0.1) is 0 Å². The lowest BCUT2D eigenvalue weighted by atomic mass is 10.3. The van der Waals surface area contributed by atoms with E-state index in [1.165, 1.54) is 18.2 Å². The van der Waals surface area contributed by atoms with Crippen LogP contribution in [0.15, 0.2) is 24.3 Å². The van der Waals surface area contributed by atoms with E-state index in [4.69, 9.17) is 9.11 Å². The summed E-state index contributed by atoms with van der Waals surface area (Å²) in [6.45, 7) is 0. The molecule has 2 N–H and O–H groups in total. The van der Waals surface area contributed by atoms with Crippen molar-refractivity contribution in [1.29, 1.82) is 0 Å². The third kappa shape index (κ3) is 4.74. The maximum Gasteiger partial charge on any atom is 0.446 e. The van der Waals surface area contributed by atoms with Crippen LogP contribution in [0, 0.1) is 0 Å². The number of benzene rings is 1. The molecular formula is C6H6O7S2. The van der Waals surface area contributed by atoms with Gasteiger partial charge in [0, 0.05) is 6.07 Å². The van der Waals surface area contributed by atoms with Crippen LogP contribution >= 0.6 is 0 Å². The van der Waals surface area contributed by atoms with Gasteiger partial charge in [0.1, 0.15) is 11.5 Å². The smallest absolute Gasteiger partial charge is 0.380 e. The summed E-state index contributed by atoms with van der Waals surface area (Å²) in [7, 11) is -4.62. The molecule has 9 heteroatoms. The second kappa shape index (κ2) is 4.57. The Labute approximate surface area is 88.1 Å². The second-order valence-corrected chi connectivity index (χ2v) is 3.91. The van der Waals surface area contributed by atoms with Crippen LogP contribution in [0.5, 0.6) is 11.5 Å². The van der Waals surface area contributed by atoms with Crippen molar-refractivity contribution >= 4 is 21.8 Å². The first-order chi connectivity index (χ1) is 6.87. The SMILES string of the molecule is O=S(O)Oc1cccc(OS(=O)(=O)O)c1. The molecule has 0 bridgehead atoms. The molecule has 0 heterocycles. The molecule has 0 spiro atoms. The molecule has 1 rings (SSSR count). The first kappa shape index (κ1) is 11.9. The summed E-state index contributed by atoms with van der Waals surface area (Å²) in [4.78, 5) is 0. The summed E-state index contributed by atoms with van der Waals surface area (Å²) in [6, 6.07) is 4.89. The summed E-state index contributed by atoms with van der Waals surface area (Å²) < 4.78 is 56.0. The van der Waals surface area contributed by atoms with Crippen LogP contribution < -0.4 is 8.37 Å². The second-order valence-electron chi connectivity index (χ2n) is 2.29. The van der Waals surface area contributed by atoms with Crippen LogP contribution in [-0.4, -0.2) is 21.7 Å². The Morgan fingerprint density at radius 1 is 1.27 bits per heavy atom. The highest BCUT2D eigenvalue weighted by Gasteiger charge is 2.08. The summed E-state index contributed by atoms with van der Waals surface area (Å²) in [5.74, 6) is -0.308. The van der Waals surface area contributed by atoms with E-state index in [0.717, 1.165) is 6.07 Å². The molecule has 0 aliphatic heterocycles. The molecule has 0 aliphatic rings. The predicted octanol–water partition coefficient (Wildman–Crippen LogP) is 0.384. The highest BCUT2D eigenvalue weighted by molar-refractivity contribution is 7.81. The molecule has 1 aromatic carbocycles. The number of rotatable bonds is 4. The van der Waals surface area contributed by atoms with E-state index in [2.05, 4.69) is 8.37 Å². The van der Waals surface area contributed by atoms with Gasteiger partial charge in [-0.3, -0.25) is 9.11 Å². The molecule has 15 heavy (non-hydrogen) atoms. The van der Waals surface area contributed by atoms with E-state index >= 15 is 0 Å². The molecule has 0 saturated heterocycles. The standard InChI is InChI=1S/C6H6O7S2/c7-14(8)12-5-2-1-3-6(4-5)13-15(9,10)11/h1-4H,(H,7,8)(H,9,10,11). The van der Waals surface area contributed by atoms with Crippen LogP contribution in [0.3, 0.4) is 0 Å². The van der Waals surface area contributed by atoms with Gasteiger partial charge in [-0.05, 0) is 12.1 Å². The van der Waals surface area contributed by atoms with Crippen molar-refractivity contribution in [3.8, 4) is 11.5 Å². The summed E-state index contributed by atoms with van der Waals surface area (Å²) >= 11 is -2.52. The van der Waals surface area contributed by atoms with Gasteiger partial charge in [0.05, 0.1) is 0 Å². The first-order valence-electron chi connectivity index (χ1n) is 3.43. The lowest BCUT2D eigenvalue weighted by Crippen LogP contribution is -2.06. The van der Waals surface area contributed by atoms with Gasteiger partial charge in [0.15, 0.2) is 0 Å². The van der Waals surface area contributed by atoms with Crippen molar-refractivity contribution < 1.29 is 30.1 Å². The van der Waals surface area contributed by atoms with Gasteiger partial charge < -0.3 is 8.37 Å². The van der Waals surface area contributed by atoms with Gasteiger partial charge >= 0.3 is 21.8 Å². The quantitative estimate of drug-likeness (QED) is 0.590. The zero-order chi connectivity index (χ0) is 11.5. The van der Waals surface area contributed by atoms with Gasteiger partial charge in [-0.2, -0.15) is 12.6 Å². The number of hydrogen-bond donors (Lipinski definition) is 2. The zero-order valence-electron chi connectivity index (χ0n) is 7.06. The molecule has 0 aromatic heterocycles.